The first kappa shape index (κ1) is 9.16. The quantitative estimate of drug-likeness (QED) is 0.406. The number of phosphoric ester groups is 1. The Morgan fingerprint density at radius 3 is 2.64 bits per heavy atom. The minimum absolute atomic E-state index is 0.0702. The van der Waals surface area contributed by atoms with Crippen LogP contribution < -0.4 is 5.32 Å². The molecule has 0 radical (unpaired) electrons. The zero-order valence-corrected chi connectivity index (χ0v) is 6.96. The van der Waals surface area contributed by atoms with E-state index in [1.807, 2.05) is 0 Å². The second-order valence-corrected chi connectivity index (χ2v) is 3.79. The van der Waals surface area contributed by atoms with Crippen molar-refractivity contribution in [2.75, 3.05) is 13.2 Å². The summed E-state index contributed by atoms with van der Waals surface area (Å²) in [6, 6.07) is 0.551. The van der Waals surface area contributed by atoms with Crippen molar-refractivity contribution >= 4 is 7.82 Å². The summed E-state index contributed by atoms with van der Waals surface area (Å²) in [6.07, 6.45) is 2.33. The van der Waals surface area contributed by atoms with Crippen molar-refractivity contribution in [3.8, 4) is 0 Å². The lowest BCUT2D eigenvalue weighted by atomic mass is 10.6. The van der Waals surface area contributed by atoms with Gasteiger partial charge in [-0.1, -0.05) is 0 Å². The number of hydrogen-bond donors (Lipinski definition) is 3. The molecule has 1 saturated carbocycles. The molecule has 1 aliphatic carbocycles. The van der Waals surface area contributed by atoms with E-state index in [0.717, 1.165) is 12.8 Å². The Kier molecular flexibility index (Phi) is 3.04. The Labute approximate surface area is 65.0 Å². The van der Waals surface area contributed by atoms with Crippen LogP contribution in [0.1, 0.15) is 12.8 Å². The van der Waals surface area contributed by atoms with Gasteiger partial charge in [-0.15, -0.1) is 0 Å². The van der Waals surface area contributed by atoms with Crippen LogP contribution in [-0.2, 0) is 9.09 Å². The maximum Gasteiger partial charge on any atom is 0.469 e. The lowest BCUT2D eigenvalue weighted by Crippen LogP contribution is -2.21. The molecule has 0 aromatic heterocycles. The van der Waals surface area contributed by atoms with Crippen molar-refractivity contribution in [1.82, 2.24) is 5.32 Å². The average molecular weight is 181 g/mol. The smallest absolute Gasteiger partial charge is 0.312 e. The summed E-state index contributed by atoms with van der Waals surface area (Å²) in [6.45, 7) is 0.580. The van der Waals surface area contributed by atoms with Crippen LogP contribution in [0.2, 0.25) is 0 Å². The number of rotatable bonds is 5. The Morgan fingerprint density at radius 2 is 2.18 bits per heavy atom. The zero-order valence-electron chi connectivity index (χ0n) is 6.06. The van der Waals surface area contributed by atoms with Gasteiger partial charge >= 0.3 is 7.82 Å². The minimum Gasteiger partial charge on any atom is -0.312 e. The summed E-state index contributed by atoms with van der Waals surface area (Å²) >= 11 is 0. The van der Waals surface area contributed by atoms with E-state index in [-0.39, 0.29) is 6.61 Å². The second-order valence-electron chi connectivity index (χ2n) is 2.55. The lowest BCUT2D eigenvalue weighted by molar-refractivity contribution is 0.197. The van der Waals surface area contributed by atoms with Gasteiger partial charge in [0, 0.05) is 12.6 Å². The van der Waals surface area contributed by atoms with Gasteiger partial charge in [0.05, 0.1) is 6.61 Å². The molecule has 0 aromatic rings. The van der Waals surface area contributed by atoms with E-state index in [2.05, 4.69) is 9.84 Å². The molecule has 0 aromatic carbocycles. The zero-order chi connectivity index (χ0) is 8.32. The van der Waals surface area contributed by atoms with Gasteiger partial charge < -0.3 is 15.1 Å². The molecule has 6 heteroatoms. The molecule has 1 fully saturated rings. The SMILES string of the molecule is O=P(O)(O)OCCNC1CC1. The van der Waals surface area contributed by atoms with Crippen LogP contribution in [-0.4, -0.2) is 29.0 Å². The van der Waals surface area contributed by atoms with E-state index in [9.17, 15) is 4.57 Å². The van der Waals surface area contributed by atoms with Crippen molar-refractivity contribution in [3.05, 3.63) is 0 Å². The van der Waals surface area contributed by atoms with Gasteiger partial charge in [0.15, 0.2) is 0 Å². The standard InChI is InChI=1S/C5H12NO4P/c7-11(8,9)10-4-3-6-5-1-2-5/h5-6H,1-4H2,(H2,7,8,9). The summed E-state index contributed by atoms with van der Waals surface area (Å²) in [4.78, 5) is 16.5. The van der Waals surface area contributed by atoms with E-state index in [0.29, 0.717) is 12.6 Å². The van der Waals surface area contributed by atoms with Crippen molar-refractivity contribution in [3.63, 3.8) is 0 Å². The van der Waals surface area contributed by atoms with Crippen LogP contribution in [0.5, 0.6) is 0 Å². The molecular formula is C5H12NO4P. The van der Waals surface area contributed by atoms with E-state index in [1.165, 1.54) is 0 Å². The Bertz CT molecular complexity index is 164. The predicted molar refractivity (Wildman–Crippen MR) is 39.0 cm³/mol. The molecule has 0 heterocycles. The highest BCUT2D eigenvalue weighted by Gasteiger charge is 2.20. The topological polar surface area (TPSA) is 78.8 Å². The highest BCUT2D eigenvalue weighted by atomic mass is 31.2. The highest BCUT2D eigenvalue weighted by Crippen LogP contribution is 2.35. The fraction of sp³-hybridized carbons (Fsp3) is 1.00. The number of hydrogen-bond acceptors (Lipinski definition) is 3. The van der Waals surface area contributed by atoms with Gasteiger partial charge in [-0.3, -0.25) is 4.52 Å². The van der Waals surface area contributed by atoms with Gasteiger partial charge in [0.25, 0.3) is 0 Å². The van der Waals surface area contributed by atoms with Gasteiger partial charge in [-0.05, 0) is 12.8 Å². The molecular weight excluding hydrogens is 169 g/mol. The molecule has 0 saturated heterocycles. The molecule has 5 nitrogen and oxygen atoms in total. The molecule has 0 atom stereocenters. The fourth-order valence-corrected chi connectivity index (χ4v) is 1.04. The third-order valence-electron chi connectivity index (χ3n) is 1.37. The van der Waals surface area contributed by atoms with Crippen molar-refractivity contribution in [1.29, 1.82) is 0 Å². The van der Waals surface area contributed by atoms with Gasteiger partial charge in [-0.2, -0.15) is 0 Å². The highest BCUT2D eigenvalue weighted by molar-refractivity contribution is 7.46. The van der Waals surface area contributed by atoms with Crippen LogP contribution in [0.25, 0.3) is 0 Å². The third kappa shape index (κ3) is 5.35. The van der Waals surface area contributed by atoms with Gasteiger partial charge in [0.2, 0.25) is 0 Å². The van der Waals surface area contributed by atoms with Gasteiger partial charge in [-0.25, -0.2) is 4.57 Å². The maximum absolute atomic E-state index is 10.1. The van der Waals surface area contributed by atoms with E-state index < -0.39 is 7.82 Å². The molecule has 0 aliphatic heterocycles. The van der Waals surface area contributed by atoms with E-state index in [1.54, 1.807) is 0 Å². The predicted octanol–water partition coefficient (Wildman–Crippen LogP) is -0.152. The van der Waals surface area contributed by atoms with E-state index >= 15 is 0 Å². The van der Waals surface area contributed by atoms with Crippen LogP contribution in [0.15, 0.2) is 0 Å². The summed E-state index contributed by atoms with van der Waals surface area (Å²) in [5, 5.41) is 3.06. The molecule has 11 heavy (non-hydrogen) atoms. The van der Waals surface area contributed by atoms with E-state index in [4.69, 9.17) is 9.79 Å². The molecule has 0 amide bonds. The summed E-state index contributed by atoms with van der Waals surface area (Å²) < 4.78 is 14.3. The van der Waals surface area contributed by atoms with Crippen molar-refractivity contribution < 1.29 is 18.9 Å². The molecule has 66 valence electrons. The monoisotopic (exact) mass is 181 g/mol. The second kappa shape index (κ2) is 3.65. The third-order valence-corrected chi connectivity index (χ3v) is 1.89. The Hall–Kier alpha value is 0.0700. The molecule has 0 unspecified atom stereocenters. The lowest BCUT2D eigenvalue weighted by Gasteiger charge is -2.04. The van der Waals surface area contributed by atoms with Gasteiger partial charge in [0.1, 0.15) is 0 Å². The minimum atomic E-state index is -4.25. The Balaban J connectivity index is 1.91. The average Bonchev–Trinajstić information content (AvgIpc) is 2.60. The number of phosphoric acid groups is 1. The molecule has 0 spiro atoms. The fourth-order valence-electron chi connectivity index (χ4n) is 0.715. The number of nitrogens with one attached hydrogen (secondary N) is 1. The first-order valence-corrected chi connectivity index (χ1v) is 5.04. The normalized spacial score (nSPS) is 18.7. The molecule has 3 N–H and O–H groups in total. The summed E-state index contributed by atoms with van der Waals surface area (Å²) in [7, 11) is -4.25. The Morgan fingerprint density at radius 1 is 1.55 bits per heavy atom. The van der Waals surface area contributed by atoms with Crippen LogP contribution in [0.3, 0.4) is 0 Å². The largest absolute Gasteiger partial charge is 0.469 e. The molecule has 1 aliphatic rings. The van der Waals surface area contributed by atoms with Crippen LogP contribution in [0.4, 0.5) is 0 Å². The maximum atomic E-state index is 10.1. The van der Waals surface area contributed by atoms with Crippen LogP contribution >= 0.6 is 7.82 Å². The van der Waals surface area contributed by atoms with Crippen molar-refractivity contribution in [2.45, 2.75) is 18.9 Å². The molecule has 1 rings (SSSR count). The summed E-state index contributed by atoms with van der Waals surface area (Å²) in [5.41, 5.74) is 0. The van der Waals surface area contributed by atoms with Crippen molar-refractivity contribution in [2.24, 2.45) is 0 Å². The summed E-state index contributed by atoms with van der Waals surface area (Å²) in [5.74, 6) is 0. The first-order valence-electron chi connectivity index (χ1n) is 3.51. The van der Waals surface area contributed by atoms with Crippen LogP contribution in [0, 0.1) is 0 Å². The molecule has 0 bridgehead atoms. The first-order chi connectivity index (χ1) is 5.08.